The van der Waals surface area contributed by atoms with E-state index in [0.29, 0.717) is 0 Å². The highest BCUT2D eigenvalue weighted by molar-refractivity contribution is 5.26. The first-order chi connectivity index (χ1) is 7.63. The van der Waals surface area contributed by atoms with Crippen molar-refractivity contribution in [2.75, 3.05) is 0 Å². The molecule has 0 aromatic carbocycles. The fourth-order valence-electron chi connectivity index (χ4n) is 2.35. The fraction of sp³-hybridized carbons (Fsp3) is 0.733. The van der Waals surface area contributed by atoms with Crippen molar-refractivity contribution in [1.29, 1.82) is 0 Å². The average Bonchev–Trinajstić information content (AvgIpc) is 2.61. The van der Waals surface area contributed by atoms with Crippen LogP contribution in [0.5, 0.6) is 0 Å². The molecule has 16 heavy (non-hydrogen) atoms. The second kappa shape index (κ2) is 4.65. The second-order valence-corrected chi connectivity index (χ2v) is 5.71. The van der Waals surface area contributed by atoms with Gasteiger partial charge in [0.05, 0.1) is 0 Å². The highest BCUT2D eigenvalue weighted by Gasteiger charge is 2.24. The summed E-state index contributed by atoms with van der Waals surface area (Å²) in [6.07, 6.45) is 8.89. The van der Waals surface area contributed by atoms with Gasteiger partial charge in [0.15, 0.2) is 0 Å². The van der Waals surface area contributed by atoms with Gasteiger partial charge < -0.3 is 4.42 Å². The Bertz CT molecular complexity index is 321. The Morgan fingerprint density at radius 1 is 1.12 bits per heavy atom. The van der Waals surface area contributed by atoms with Gasteiger partial charge in [-0.25, -0.2) is 0 Å². The normalized spacial score (nSPS) is 17.7. The molecule has 0 N–H and O–H groups in total. The Hall–Kier alpha value is -0.720. The van der Waals surface area contributed by atoms with Gasteiger partial charge in [-0.3, -0.25) is 0 Å². The molecule has 0 bridgehead atoms. The van der Waals surface area contributed by atoms with Gasteiger partial charge in [-0.15, -0.1) is 0 Å². The molecule has 0 aliphatic heterocycles. The number of aryl methyl sites for hydroxylation is 2. The lowest BCUT2D eigenvalue weighted by molar-refractivity contribution is 0.354. The van der Waals surface area contributed by atoms with E-state index < -0.39 is 0 Å². The number of hydrogen-bond acceptors (Lipinski definition) is 1. The summed E-state index contributed by atoms with van der Waals surface area (Å²) in [7, 11) is 0. The van der Waals surface area contributed by atoms with E-state index >= 15 is 0 Å². The van der Waals surface area contributed by atoms with Crippen molar-refractivity contribution in [3.05, 3.63) is 23.2 Å². The van der Waals surface area contributed by atoms with Gasteiger partial charge in [-0.2, -0.15) is 0 Å². The lowest BCUT2D eigenvalue weighted by Crippen LogP contribution is -2.14. The first kappa shape index (κ1) is 11.8. The third-order valence-electron chi connectivity index (χ3n) is 4.05. The van der Waals surface area contributed by atoms with Crippen molar-refractivity contribution in [1.82, 2.24) is 0 Å². The summed E-state index contributed by atoms with van der Waals surface area (Å²) < 4.78 is 6.10. The lowest BCUT2D eigenvalue weighted by atomic mass is 9.87. The van der Waals surface area contributed by atoms with E-state index in [1.165, 1.54) is 49.2 Å². The first-order valence-electron chi connectivity index (χ1n) is 6.75. The van der Waals surface area contributed by atoms with Crippen LogP contribution < -0.4 is 0 Å². The molecule has 0 saturated heterocycles. The van der Waals surface area contributed by atoms with Crippen molar-refractivity contribution in [2.45, 2.75) is 71.1 Å². The van der Waals surface area contributed by atoms with Crippen LogP contribution in [-0.2, 0) is 18.3 Å². The minimum atomic E-state index is 0.195. The first-order valence-corrected chi connectivity index (χ1v) is 6.75. The Morgan fingerprint density at radius 2 is 1.81 bits per heavy atom. The Balaban J connectivity index is 2.27. The van der Waals surface area contributed by atoms with Crippen molar-refractivity contribution in [2.24, 2.45) is 0 Å². The molecule has 1 nitrogen and oxygen atoms in total. The molecule has 0 radical (unpaired) electrons. The predicted molar refractivity (Wildman–Crippen MR) is 67.9 cm³/mol. The molecule has 0 spiro atoms. The van der Waals surface area contributed by atoms with Gasteiger partial charge in [0, 0.05) is 11.8 Å². The van der Waals surface area contributed by atoms with E-state index in [2.05, 4.69) is 26.8 Å². The number of furan rings is 1. The quantitative estimate of drug-likeness (QED) is 0.708. The maximum atomic E-state index is 6.10. The van der Waals surface area contributed by atoms with E-state index in [1.54, 1.807) is 0 Å². The summed E-state index contributed by atoms with van der Waals surface area (Å²) >= 11 is 0. The highest BCUT2D eigenvalue weighted by Crippen LogP contribution is 2.32. The predicted octanol–water partition coefficient (Wildman–Crippen LogP) is 4.63. The van der Waals surface area contributed by atoms with Gasteiger partial charge in [0.2, 0.25) is 0 Å². The van der Waals surface area contributed by atoms with Crippen molar-refractivity contribution < 1.29 is 4.42 Å². The van der Waals surface area contributed by atoms with E-state index in [-0.39, 0.29) is 5.41 Å². The molecule has 1 heteroatoms. The monoisotopic (exact) mass is 220 g/mol. The number of hydrogen-bond donors (Lipinski definition) is 0. The zero-order valence-corrected chi connectivity index (χ0v) is 10.9. The van der Waals surface area contributed by atoms with Crippen LogP contribution in [0.4, 0.5) is 0 Å². The number of fused-ring (bicyclic) bond motifs is 1. The van der Waals surface area contributed by atoms with Gasteiger partial charge in [0.1, 0.15) is 11.5 Å². The molecule has 0 unspecified atom stereocenters. The summed E-state index contributed by atoms with van der Waals surface area (Å²) in [5.74, 6) is 2.47. The molecule has 1 aliphatic carbocycles. The molecule has 2 rings (SSSR count). The third kappa shape index (κ3) is 2.34. The highest BCUT2D eigenvalue weighted by atomic mass is 16.3. The Labute approximate surface area is 99.2 Å². The molecule has 1 aromatic rings. The summed E-state index contributed by atoms with van der Waals surface area (Å²) in [4.78, 5) is 0. The summed E-state index contributed by atoms with van der Waals surface area (Å²) in [6, 6.07) is 2.32. The molecule has 0 atom stereocenters. The molecule has 90 valence electrons. The Kier molecular flexibility index (Phi) is 3.41. The molecule has 0 amide bonds. The average molecular weight is 220 g/mol. The molecule has 1 heterocycles. The van der Waals surface area contributed by atoms with Gasteiger partial charge in [0.25, 0.3) is 0 Å². The lowest BCUT2D eigenvalue weighted by Gasteiger charge is -2.19. The third-order valence-corrected chi connectivity index (χ3v) is 4.05. The largest absolute Gasteiger partial charge is 0.465 e. The van der Waals surface area contributed by atoms with Crippen LogP contribution in [0, 0.1) is 0 Å². The van der Waals surface area contributed by atoms with Crippen LogP contribution in [0.15, 0.2) is 10.5 Å². The molecule has 0 fully saturated rings. The van der Waals surface area contributed by atoms with Gasteiger partial charge in [-0.1, -0.05) is 33.6 Å². The van der Waals surface area contributed by atoms with E-state index in [9.17, 15) is 0 Å². The van der Waals surface area contributed by atoms with Gasteiger partial charge >= 0.3 is 0 Å². The van der Waals surface area contributed by atoms with Crippen molar-refractivity contribution >= 4 is 0 Å². The van der Waals surface area contributed by atoms with E-state index in [0.717, 1.165) is 12.8 Å². The van der Waals surface area contributed by atoms with Crippen LogP contribution >= 0.6 is 0 Å². The standard InChI is InChI=1S/C15H24O/c1-4-15(2,3)14-11-12-9-7-5-6-8-10-13(12)16-14/h11H,4-10H2,1-3H3. The summed E-state index contributed by atoms with van der Waals surface area (Å²) in [5.41, 5.74) is 1.68. The fourth-order valence-corrected chi connectivity index (χ4v) is 2.35. The van der Waals surface area contributed by atoms with Crippen LogP contribution in [-0.4, -0.2) is 0 Å². The maximum Gasteiger partial charge on any atom is 0.110 e. The Morgan fingerprint density at radius 3 is 2.50 bits per heavy atom. The molecular weight excluding hydrogens is 196 g/mol. The van der Waals surface area contributed by atoms with Crippen molar-refractivity contribution in [3.63, 3.8) is 0 Å². The molecule has 0 saturated carbocycles. The van der Waals surface area contributed by atoms with Crippen LogP contribution in [0.25, 0.3) is 0 Å². The maximum absolute atomic E-state index is 6.10. The topological polar surface area (TPSA) is 13.1 Å². The van der Waals surface area contributed by atoms with E-state index in [4.69, 9.17) is 4.42 Å². The summed E-state index contributed by atoms with van der Waals surface area (Å²) in [6.45, 7) is 6.79. The smallest absolute Gasteiger partial charge is 0.110 e. The molecular formula is C15H24O. The van der Waals surface area contributed by atoms with Crippen LogP contribution in [0.3, 0.4) is 0 Å². The van der Waals surface area contributed by atoms with E-state index in [1.807, 2.05) is 0 Å². The minimum absolute atomic E-state index is 0.195. The molecule has 1 aliphatic rings. The second-order valence-electron chi connectivity index (χ2n) is 5.71. The number of rotatable bonds is 2. The SMILES string of the molecule is CCC(C)(C)c1cc2c(o1)CCCCCC2. The minimum Gasteiger partial charge on any atom is -0.465 e. The zero-order chi connectivity index (χ0) is 11.6. The van der Waals surface area contributed by atoms with Gasteiger partial charge in [-0.05, 0) is 37.3 Å². The van der Waals surface area contributed by atoms with Crippen LogP contribution in [0.2, 0.25) is 0 Å². The molecule has 1 aromatic heterocycles. The van der Waals surface area contributed by atoms with Crippen LogP contribution in [0.1, 0.15) is 70.0 Å². The summed E-state index contributed by atoms with van der Waals surface area (Å²) in [5, 5.41) is 0. The zero-order valence-electron chi connectivity index (χ0n) is 10.9. The van der Waals surface area contributed by atoms with Crippen molar-refractivity contribution in [3.8, 4) is 0 Å².